The number of carboxylic acid groups (broad SMARTS) is 1. The predicted octanol–water partition coefficient (Wildman–Crippen LogP) is 3.18. The molecule has 0 aliphatic rings. The fourth-order valence-electron chi connectivity index (χ4n) is 2.16. The average Bonchev–Trinajstić information content (AvgIpc) is 2.96. The van der Waals surface area contributed by atoms with Crippen LogP contribution in [0.3, 0.4) is 0 Å². The Balaban J connectivity index is 1.92. The molecule has 1 N–H and O–H groups in total. The summed E-state index contributed by atoms with van der Waals surface area (Å²) in [5.41, 5.74) is 1.07. The van der Waals surface area contributed by atoms with E-state index in [1.165, 1.54) is 0 Å². The molecule has 0 unspecified atom stereocenters. The molecule has 0 saturated carbocycles. The molecule has 2 aromatic carbocycles. The number of ether oxygens (including phenoxy) is 2. The van der Waals surface area contributed by atoms with Gasteiger partial charge in [0, 0.05) is 0 Å². The zero-order chi connectivity index (χ0) is 15.5. The summed E-state index contributed by atoms with van der Waals surface area (Å²) >= 11 is -0.188. The van der Waals surface area contributed by atoms with Crippen LogP contribution in [0.25, 0.3) is 9.65 Å². The maximum absolute atomic E-state index is 11.1. The monoisotopic (exact) mass is 362 g/mol. The summed E-state index contributed by atoms with van der Waals surface area (Å²) in [5.74, 6) is 0.405. The van der Waals surface area contributed by atoms with E-state index < -0.39 is 5.97 Å². The van der Waals surface area contributed by atoms with Crippen LogP contribution >= 0.6 is 0 Å². The molecule has 0 atom stereocenters. The Morgan fingerprint density at radius 3 is 2.59 bits per heavy atom. The van der Waals surface area contributed by atoms with Crippen LogP contribution in [0.2, 0.25) is 0 Å². The SMILES string of the molecule is COc1cc2[se]c(C(=O)O)cc2cc1OCc1ccccc1. The number of carboxylic acids is 1. The van der Waals surface area contributed by atoms with Gasteiger partial charge in [-0.15, -0.1) is 0 Å². The van der Waals surface area contributed by atoms with Gasteiger partial charge >= 0.3 is 133 Å². The Bertz CT molecular complexity index is 808. The standard InChI is InChI=1S/C17H14O4Se/c1-20-13-9-15-12(8-16(22-15)17(18)19)7-14(13)21-10-11-5-3-2-4-6-11/h2-9H,10H2,1H3,(H,18,19). The van der Waals surface area contributed by atoms with Gasteiger partial charge in [-0.1, -0.05) is 0 Å². The van der Waals surface area contributed by atoms with Crippen molar-refractivity contribution in [2.45, 2.75) is 6.61 Å². The van der Waals surface area contributed by atoms with Gasteiger partial charge in [-0.2, -0.15) is 0 Å². The van der Waals surface area contributed by atoms with E-state index in [1.54, 1.807) is 13.2 Å². The number of carbonyl (C=O) groups is 1. The minimum atomic E-state index is -0.859. The topological polar surface area (TPSA) is 55.8 Å². The predicted molar refractivity (Wildman–Crippen MR) is 85.2 cm³/mol. The second-order valence-electron chi connectivity index (χ2n) is 4.73. The Hall–Kier alpha value is -2.23. The van der Waals surface area contributed by atoms with Crippen LogP contribution in [0.1, 0.15) is 14.8 Å². The van der Waals surface area contributed by atoms with Gasteiger partial charge in [0.2, 0.25) is 0 Å². The summed E-state index contributed by atoms with van der Waals surface area (Å²) in [5, 5.41) is 10.0. The first kappa shape index (κ1) is 14.7. The molecule has 0 spiro atoms. The average molecular weight is 361 g/mol. The summed E-state index contributed by atoms with van der Waals surface area (Å²) in [6, 6.07) is 15.3. The Morgan fingerprint density at radius 1 is 1.14 bits per heavy atom. The zero-order valence-electron chi connectivity index (χ0n) is 11.9. The maximum atomic E-state index is 11.1. The summed E-state index contributed by atoms with van der Waals surface area (Å²) < 4.78 is 12.7. The summed E-state index contributed by atoms with van der Waals surface area (Å²) in [4.78, 5) is 11.1. The van der Waals surface area contributed by atoms with Gasteiger partial charge < -0.3 is 0 Å². The van der Waals surface area contributed by atoms with E-state index in [2.05, 4.69) is 0 Å². The molecule has 0 saturated heterocycles. The third-order valence-corrected chi connectivity index (χ3v) is 5.53. The van der Waals surface area contributed by atoms with Crippen molar-refractivity contribution < 1.29 is 19.4 Å². The molecule has 0 aliphatic carbocycles. The van der Waals surface area contributed by atoms with Gasteiger partial charge in [0.15, 0.2) is 0 Å². The second-order valence-corrected chi connectivity index (χ2v) is 7.00. The molecule has 4 nitrogen and oxygen atoms in total. The summed E-state index contributed by atoms with van der Waals surface area (Å²) in [6.45, 7) is 0.441. The van der Waals surface area contributed by atoms with Crippen LogP contribution in [0.4, 0.5) is 0 Å². The van der Waals surface area contributed by atoms with Crippen molar-refractivity contribution in [1.29, 1.82) is 0 Å². The van der Waals surface area contributed by atoms with Crippen LogP contribution in [0.15, 0.2) is 48.5 Å². The number of methoxy groups -OCH3 is 1. The quantitative estimate of drug-likeness (QED) is 0.710. The van der Waals surface area contributed by atoms with Crippen molar-refractivity contribution in [2.75, 3.05) is 7.11 Å². The molecule has 1 aromatic heterocycles. The van der Waals surface area contributed by atoms with Crippen LogP contribution in [-0.2, 0) is 6.61 Å². The summed E-state index contributed by atoms with van der Waals surface area (Å²) in [7, 11) is 1.59. The van der Waals surface area contributed by atoms with Crippen molar-refractivity contribution in [3.05, 3.63) is 58.5 Å². The van der Waals surface area contributed by atoms with Crippen LogP contribution < -0.4 is 9.47 Å². The van der Waals surface area contributed by atoms with Crippen LogP contribution in [0, 0.1) is 0 Å². The van der Waals surface area contributed by atoms with Crippen molar-refractivity contribution in [3.8, 4) is 11.5 Å². The zero-order valence-corrected chi connectivity index (χ0v) is 13.6. The number of benzene rings is 2. The number of hydrogen-bond donors (Lipinski definition) is 1. The molecule has 3 rings (SSSR count). The number of rotatable bonds is 5. The third kappa shape index (κ3) is 3.01. The van der Waals surface area contributed by atoms with Gasteiger partial charge in [-0.05, 0) is 0 Å². The summed E-state index contributed by atoms with van der Waals surface area (Å²) in [6.07, 6.45) is 0. The Labute approximate surface area is 133 Å². The molecule has 5 heteroatoms. The van der Waals surface area contributed by atoms with Gasteiger partial charge in [0.05, 0.1) is 0 Å². The number of aromatic carboxylic acids is 1. The van der Waals surface area contributed by atoms with E-state index in [4.69, 9.17) is 14.6 Å². The molecule has 0 aliphatic heterocycles. The molecule has 112 valence electrons. The van der Waals surface area contributed by atoms with Crippen LogP contribution in [-0.4, -0.2) is 32.7 Å². The van der Waals surface area contributed by atoms with Gasteiger partial charge in [-0.3, -0.25) is 0 Å². The van der Waals surface area contributed by atoms with Gasteiger partial charge in [0.25, 0.3) is 0 Å². The second kappa shape index (κ2) is 6.26. The van der Waals surface area contributed by atoms with Crippen molar-refractivity contribution in [2.24, 2.45) is 0 Å². The van der Waals surface area contributed by atoms with Crippen LogP contribution in [0.5, 0.6) is 11.5 Å². The normalized spacial score (nSPS) is 10.6. The first-order chi connectivity index (χ1) is 10.7. The molecular formula is C17H14O4Se. The van der Waals surface area contributed by atoms with Crippen molar-refractivity contribution in [1.82, 2.24) is 0 Å². The first-order valence-electron chi connectivity index (χ1n) is 6.69. The van der Waals surface area contributed by atoms with Gasteiger partial charge in [-0.25, -0.2) is 0 Å². The fourth-order valence-corrected chi connectivity index (χ4v) is 4.07. The van der Waals surface area contributed by atoms with Crippen molar-refractivity contribution >= 4 is 30.1 Å². The molecule has 0 amide bonds. The van der Waals surface area contributed by atoms with E-state index >= 15 is 0 Å². The molecular weight excluding hydrogens is 347 g/mol. The van der Waals surface area contributed by atoms with Gasteiger partial charge in [0.1, 0.15) is 0 Å². The van der Waals surface area contributed by atoms with E-state index in [-0.39, 0.29) is 14.5 Å². The molecule has 1 heterocycles. The van der Waals surface area contributed by atoms with E-state index in [9.17, 15) is 4.79 Å². The Morgan fingerprint density at radius 2 is 1.91 bits per heavy atom. The Kier molecular flexibility index (Phi) is 4.18. The van der Waals surface area contributed by atoms with E-state index in [0.29, 0.717) is 22.5 Å². The van der Waals surface area contributed by atoms with E-state index in [1.807, 2.05) is 42.5 Å². The van der Waals surface area contributed by atoms with E-state index in [0.717, 1.165) is 15.2 Å². The third-order valence-electron chi connectivity index (χ3n) is 3.25. The molecule has 0 radical (unpaired) electrons. The fraction of sp³-hybridized carbons (Fsp3) is 0.118. The molecule has 0 fully saturated rings. The molecule has 22 heavy (non-hydrogen) atoms. The molecule has 0 bridgehead atoms. The van der Waals surface area contributed by atoms with Crippen molar-refractivity contribution in [3.63, 3.8) is 0 Å². The minimum absolute atomic E-state index is 0.188. The first-order valence-corrected chi connectivity index (χ1v) is 8.40. The number of fused-ring (bicyclic) bond motifs is 1. The molecule has 3 aromatic rings. The number of hydrogen-bond acceptors (Lipinski definition) is 3.